The van der Waals surface area contributed by atoms with E-state index >= 15 is 0 Å². The van der Waals surface area contributed by atoms with E-state index in [-0.39, 0.29) is 11.0 Å². The molecule has 2 saturated heterocycles. The van der Waals surface area contributed by atoms with Crippen LogP contribution in [0.3, 0.4) is 0 Å². The Morgan fingerprint density at radius 2 is 1.77 bits per heavy atom. The third-order valence-corrected chi connectivity index (χ3v) is 5.79. The molecule has 2 aliphatic heterocycles. The molecule has 1 unspecified atom stereocenters. The van der Waals surface area contributed by atoms with Crippen LogP contribution in [0, 0.1) is 17.6 Å². The molecule has 1 aromatic rings. The number of carbonyl (C=O) groups excluding carboxylic acids is 1. The zero-order valence-corrected chi connectivity index (χ0v) is 16.1. The van der Waals surface area contributed by atoms with Crippen LogP contribution in [0.1, 0.15) is 57.8 Å². The first-order valence-corrected chi connectivity index (χ1v) is 9.16. The highest BCUT2D eigenvalue weighted by atomic mass is 19.2. The molecule has 1 aromatic carbocycles. The normalized spacial score (nSPS) is 24.8. The second-order valence-electron chi connectivity index (χ2n) is 8.42. The number of hydrogen-bond acceptors (Lipinski definition) is 3. The van der Waals surface area contributed by atoms with E-state index in [0.717, 1.165) is 12.8 Å². The zero-order valence-electron chi connectivity index (χ0n) is 16.1. The molecule has 1 atom stereocenters. The van der Waals surface area contributed by atoms with Crippen LogP contribution < -0.4 is 5.46 Å². The Morgan fingerprint density at radius 1 is 1.15 bits per heavy atom. The number of benzene rings is 1. The molecule has 0 spiro atoms. The second-order valence-corrected chi connectivity index (χ2v) is 8.42. The lowest BCUT2D eigenvalue weighted by Crippen LogP contribution is -2.41. The molecular weight excluding hydrogens is 339 g/mol. The predicted molar refractivity (Wildman–Crippen MR) is 96.4 cm³/mol. The van der Waals surface area contributed by atoms with Gasteiger partial charge >= 0.3 is 7.12 Å². The van der Waals surface area contributed by atoms with Gasteiger partial charge in [0.2, 0.25) is 0 Å². The van der Waals surface area contributed by atoms with Gasteiger partial charge in [0.1, 0.15) is 0 Å². The minimum atomic E-state index is -1.14. The second kappa shape index (κ2) is 6.61. The van der Waals surface area contributed by atoms with Gasteiger partial charge < -0.3 is 14.2 Å². The van der Waals surface area contributed by atoms with Crippen LogP contribution in [0.5, 0.6) is 0 Å². The number of hydrogen-bond donors (Lipinski definition) is 0. The summed E-state index contributed by atoms with van der Waals surface area (Å²) in [6, 6.07) is 2.72. The van der Waals surface area contributed by atoms with Crippen LogP contribution in [-0.2, 0) is 9.31 Å². The van der Waals surface area contributed by atoms with Crippen LogP contribution in [0.25, 0.3) is 0 Å². The van der Waals surface area contributed by atoms with Crippen molar-refractivity contribution >= 4 is 18.5 Å². The molecule has 2 heterocycles. The molecule has 2 fully saturated rings. The third kappa shape index (κ3) is 3.27. The molecule has 0 saturated carbocycles. The van der Waals surface area contributed by atoms with E-state index in [4.69, 9.17) is 9.31 Å². The fourth-order valence-electron chi connectivity index (χ4n) is 3.43. The molecular formula is C19H26BF2NO3. The number of amides is 1. The van der Waals surface area contributed by atoms with Crippen LogP contribution >= 0.6 is 0 Å². The number of carbonyl (C=O) groups is 1. The van der Waals surface area contributed by atoms with Crippen molar-refractivity contribution in [1.82, 2.24) is 4.90 Å². The van der Waals surface area contributed by atoms with Crippen molar-refractivity contribution < 1.29 is 22.9 Å². The molecule has 7 heteroatoms. The predicted octanol–water partition coefficient (Wildman–Crippen LogP) is 3.14. The van der Waals surface area contributed by atoms with Crippen LogP contribution in [-0.4, -0.2) is 42.2 Å². The van der Waals surface area contributed by atoms with Crippen molar-refractivity contribution in [2.45, 2.75) is 58.7 Å². The van der Waals surface area contributed by atoms with Gasteiger partial charge in [0.15, 0.2) is 11.6 Å². The van der Waals surface area contributed by atoms with Crippen LogP contribution in [0.2, 0.25) is 0 Å². The monoisotopic (exact) mass is 365 g/mol. The van der Waals surface area contributed by atoms with Gasteiger partial charge in [-0.05, 0) is 52.5 Å². The van der Waals surface area contributed by atoms with Gasteiger partial charge in [0, 0.05) is 18.6 Å². The van der Waals surface area contributed by atoms with E-state index in [2.05, 4.69) is 6.92 Å². The van der Waals surface area contributed by atoms with E-state index in [1.54, 1.807) is 4.90 Å². The summed E-state index contributed by atoms with van der Waals surface area (Å²) in [5.74, 6) is -2.32. The van der Waals surface area contributed by atoms with Gasteiger partial charge in [-0.3, -0.25) is 4.79 Å². The fraction of sp³-hybridized carbons (Fsp3) is 0.632. The highest BCUT2D eigenvalue weighted by Gasteiger charge is 2.52. The number of piperidine rings is 1. The van der Waals surface area contributed by atoms with E-state index in [0.29, 0.717) is 19.0 Å². The van der Waals surface area contributed by atoms with Gasteiger partial charge in [0.05, 0.1) is 16.8 Å². The van der Waals surface area contributed by atoms with Crippen molar-refractivity contribution in [2.75, 3.05) is 13.1 Å². The molecule has 0 bridgehead atoms. The smallest absolute Gasteiger partial charge is 0.399 e. The maximum absolute atomic E-state index is 14.7. The van der Waals surface area contributed by atoms with E-state index in [9.17, 15) is 13.6 Å². The lowest BCUT2D eigenvalue weighted by molar-refractivity contribution is 0.00578. The van der Waals surface area contributed by atoms with E-state index in [1.807, 2.05) is 27.7 Å². The van der Waals surface area contributed by atoms with Crippen molar-refractivity contribution in [3.05, 3.63) is 29.3 Å². The Morgan fingerprint density at radius 3 is 2.35 bits per heavy atom. The Labute approximate surface area is 154 Å². The molecule has 26 heavy (non-hydrogen) atoms. The first kappa shape index (κ1) is 19.3. The zero-order chi connectivity index (χ0) is 19.3. The lowest BCUT2D eigenvalue weighted by Gasteiger charge is -2.32. The minimum absolute atomic E-state index is 0.0234. The largest absolute Gasteiger partial charge is 0.497 e. The maximum Gasteiger partial charge on any atom is 0.497 e. The molecule has 0 aromatic heterocycles. The minimum Gasteiger partial charge on any atom is -0.399 e. The summed E-state index contributed by atoms with van der Waals surface area (Å²) in [4.78, 5) is 14.2. The van der Waals surface area contributed by atoms with E-state index in [1.165, 1.54) is 12.1 Å². The standard InChI is InChI=1S/C19H26BF2NO3/c1-12-7-6-10-23(11-12)17(24)13-8-9-14(16(22)15(13)21)20-25-18(2,3)19(4,5)26-20/h8-9,12H,6-7,10-11H2,1-5H3. The summed E-state index contributed by atoms with van der Waals surface area (Å²) in [7, 11) is -1.01. The lowest BCUT2D eigenvalue weighted by atomic mass is 9.78. The van der Waals surface area contributed by atoms with Crippen LogP contribution in [0.15, 0.2) is 12.1 Å². The molecule has 2 aliphatic rings. The van der Waals surface area contributed by atoms with Crippen molar-refractivity contribution in [1.29, 1.82) is 0 Å². The highest BCUT2D eigenvalue weighted by molar-refractivity contribution is 6.62. The molecule has 4 nitrogen and oxygen atoms in total. The average molecular weight is 365 g/mol. The van der Waals surface area contributed by atoms with Crippen LogP contribution in [0.4, 0.5) is 8.78 Å². The SMILES string of the molecule is CC1CCCN(C(=O)c2ccc(B3OC(C)(C)C(C)(C)O3)c(F)c2F)C1. The Hall–Kier alpha value is -1.47. The molecule has 0 aliphatic carbocycles. The summed E-state index contributed by atoms with van der Waals surface area (Å²) in [5, 5.41) is 0. The maximum atomic E-state index is 14.7. The molecule has 0 radical (unpaired) electrons. The quantitative estimate of drug-likeness (QED) is 0.756. The highest BCUT2D eigenvalue weighted by Crippen LogP contribution is 2.36. The molecule has 142 valence electrons. The molecule has 0 N–H and O–H groups in total. The summed E-state index contributed by atoms with van der Waals surface area (Å²) in [5.41, 5.74) is -1.57. The Bertz CT molecular complexity index is 707. The van der Waals surface area contributed by atoms with Crippen molar-refractivity contribution in [2.24, 2.45) is 5.92 Å². The first-order chi connectivity index (χ1) is 12.0. The summed E-state index contributed by atoms with van der Waals surface area (Å²) in [6.07, 6.45) is 1.92. The van der Waals surface area contributed by atoms with Crippen molar-refractivity contribution in [3.63, 3.8) is 0 Å². The van der Waals surface area contributed by atoms with Gasteiger partial charge in [0.25, 0.3) is 5.91 Å². The number of halogens is 2. The molecule has 1 amide bonds. The van der Waals surface area contributed by atoms with Gasteiger partial charge in [-0.1, -0.05) is 13.0 Å². The average Bonchev–Trinajstić information content (AvgIpc) is 2.77. The number of likely N-dealkylation sites (tertiary alicyclic amines) is 1. The third-order valence-electron chi connectivity index (χ3n) is 5.79. The van der Waals surface area contributed by atoms with E-state index < -0.39 is 35.9 Å². The molecule has 3 rings (SSSR count). The van der Waals surface area contributed by atoms with Gasteiger partial charge in [-0.2, -0.15) is 0 Å². The fourth-order valence-corrected chi connectivity index (χ4v) is 3.43. The van der Waals surface area contributed by atoms with Crippen molar-refractivity contribution in [3.8, 4) is 0 Å². The number of rotatable bonds is 2. The van der Waals surface area contributed by atoms with Gasteiger partial charge in [-0.15, -0.1) is 0 Å². The first-order valence-electron chi connectivity index (χ1n) is 9.16. The summed E-state index contributed by atoms with van der Waals surface area (Å²) < 4.78 is 41.0. The number of nitrogens with zero attached hydrogens (tertiary/aromatic N) is 1. The summed E-state index contributed by atoms with van der Waals surface area (Å²) >= 11 is 0. The Balaban J connectivity index is 1.87. The summed E-state index contributed by atoms with van der Waals surface area (Å²) in [6.45, 7) is 10.6. The Kier molecular flexibility index (Phi) is 4.90. The topological polar surface area (TPSA) is 38.8 Å². The van der Waals surface area contributed by atoms with Gasteiger partial charge in [-0.25, -0.2) is 8.78 Å².